The number of carboxylic acids is 1. The number of pyridine rings is 1. The van der Waals surface area contributed by atoms with Crippen LogP contribution < -0.4 is 4.74 Å². The summed E-state index contributed by atoms with van der Waals surface area (Å²) in [5.41, 5.74) is 4.26. The van der Waals surface area contributed by atoms with Crippen molar-refractivity contribution >= 4 is 50.2 Å². The van der Waals surface area contributed by atoms with Crippen molar-refractivity contribution in [1.82, 2.24) is 14.5 Å². The van der Waals surface area contributed by atoms with Crippen LogP contribution in [0.4, 0.5) is 4.39 Å². The van der Waals surface area contributed by atoms with Crippen molar-refractivity contribution in [2.45, 2.75) is 38.5 Å². The van der Waals surface area contributed by atoms with Gasteiger partial charge in [-0.05, 0) is 36.6 Å². The average molecular weight is 618 g/mol. The zero-order valence-electron chi connectivity index (χ0n) is 22.7. The third kappa shape index (κ3) is 5.26. The standard InChI is InChI=1S/C32H25ClFN3O5S/c33-22-12-11-20(29-21(22)14-26(34)42-29)16-41-28-6-2-5-23(35-28)18-9-7-17(8-10-18)13-27-36-30-24(15-25(43-30)32(39)40)37(27)31(38)19-3-1-4-19/h2,5-12,14-15,19,31,38H,1,3-4,13,16H2,(H,39,40). The molecule has 1 atom stereocenters. The topological polar surface area (TPSA) is 111 Å². The van der Waals surface area contributed by atoms with Gasteiger partial charge in [-0.25, -0.2) is 14.8 Å². The predicted octanol–water partition coefficient (Wildman–Crippen LogP) is 7.86. The van der Waals surface area contributed by atoms with E-state index in [9.17, 15) is 19.4 Å². The van der Waals surface area contributed by atoms with Crippen LogP contribution in [0.5, 0.6) is 5.88 Å². The van der Waals surface area contributed by atoms with E-state index in [4.69, 9.17) is 25.7 Å². The van der Waals surface area contributed by atoms with Gasteiger partial charge in [0, 0.05) is 41.0 Å². The van der Waals surface area contributed by atoms with E-state index >= 15 is 0 Å². The second kappa shape index (κ2) is 11.1. The van der Waals surface area contributed by atoms with Crippen LogP contribution in [-0.4, -0.2) is 30.7 Å². The van der Waals surface area contributed by atoms with Crippen molar-refractivity contribution in [3.05, 3.63) is 99.6 Å². The number of aromatic carboxylic acids is 1. The van der Waals surface area contributed by atoms with Gasteiger partial charge >= 0.3 is 5.97 Å². The summed E-state index contributed by atoms with van der Waals surface area (Å²) in [5, 5.41) is 21.5. The molecule has 2 N–H and O–H groups in total. The summed E-state index contributed by atoms with van der Waals surface area (Å²) in [6.07, 6.45) is 2.69. The molecule has 1 fully saturated rings. The predicted molar refractivity (Wildman–Crippen MR) is 161 cm³/mol. The van der Waals surface area contributed by atoms with Gasteiger partial charge in [-0.2, -0.15) is 4.39 Å². The molecule has 218 valence electrons. The number of furan rings is 1. The zero-order valence-corrected chi connectivity index (χ0v) is 24.2. The SMILES string of the molecule is O=C(O)c1cc2c(nc(Cc3ccc(-c4cccc(OCc5ccc(Cl)c6cc(F)oc56)n4)cc3)n2C(O)C2CCC2)s1. The van der Waals surface area contributed by atoms with Gasteiger partial charge in [0.15, 0.2) is 0 Å². The molecule has 6 aromatic rings. The molecule has 4 heterocycles. The summed E-state index contributed by atoms with van der Waals surface area (Å²) >= 11 is 7.28. The van der Waals surface area contributed by atoms with Crippen LogP contribution in [0.1, 0.15) is 52.1 Å². The van der Waals surface area contributed by atoms with Gasteiger partial charge in [0.25, 0.3) is 6.01 Å². The molecule has 7 rings (SSSR count). The van der Waals surface area contributed by atoms with E-state index in [1.807, 2.05) is 41.0 Å². The second-order valence-electron chi connectivity index (χ2n) is 10.6. The van der Waals surface area contributed by atoms with Gasteiger partial charge < -0.3 is 19.4 Å². The average Bonchev–Trinajstić information content (AvgIpc) is 3.65. The molecule has 0 aliphatic heterocycles. The fourth-order valence-corrected chi connectivity index (χ4v) is 6.50. The Kier molecular flexibility index (Phi) is 7.12. The van der Waals surface area contributed by atoms with E-state index in [2.05, 4.69) is 4.98 Å². The first-order valence-electron chi connectivity index (χ1n) is 13.8. The highest BCUT2D eigenvalue weighted by Gasteiger charge is 2.31. The number of imidazole rings is 1. The summed E-state index contributed by atoms with van der Waals surface area (Å²) in [7, 11) is 0. The Morgan fingerprint density at radius 1 is 1.14 bits per heavy atom. The molecule has 11 heteroatoms. The maximum Gasteiger partial charge on any atom is 0.346 e. The zero-order chi connectivity index (χ0) is 29.7. The first kappa shape index (κ1) is 27.6. The van der Waals surface area contributed by atoms with Crippen LogP contribution in [0.3, 0.4) is 0 Å². The Morgan fingerprint density at radius 3 is 2.70 bits per heavy atom. The van der Waals surface area contributed by atoms with Crippen LogP contribution in [0.25, 0.3) is 32.6 Å². The highest BCUT2D eigenvalue weighted by atomic mass is 35.5. The van der Waals surface area contributed by atoms with E-state index in [0.717, 1.165) is 47.4 Å². The quantitative estimate of drug-likeness (QED) is 0.170. The highest BCUT2D eigenvalue weighted by Crippen LogP contribution is 2.39. The molecule has 0 radical (unpaired) electrons. The van der Waals surface area contributed by atoms with E-state index in [0.29, 0.717) is 50.0 Å². The van der Waals surface area contributed by atoms with E-state index in [-0.39, 0.29) is 17.4 Å². The summed E-state index contributed by atoms with van der Waals surface area (Å²) in [5.74, 6) is 0.248. The number of rotatable bonds is 9. The van der Waals surface area contributed by atoms with Crippen molar-refractivity contribution in [3.8, 4) is 17.1 Å². The van der Waals surface area contributed by atoms with Gasteiger partial charge in [-0.15, -0.1) is 11.3 Å². The van der Waals surface area contributed by atoms with E-state index in [1.54, 1.807) is 24.3 Å². The first-order chi connectivity index (χ1) is 20.8. The number of halogens is 2. The fourth-order valence-electron chi connectivity index (χ4n) is 5.42. The monoisotopic (exact) mass is 617 g/mol. The molecule has 2 aromatic carbocycles. The maximum atomic E-state index is 13.7. The molecule has 0 bridgehead atoms. The van der Waals surface area contributed by atoms with Crippen LogP contribution in [-0.2, 0) is 13.0 Å². The second-order valence-corrected chi connectivity index (χ2v) is 12.1. The molecule has 0 amide bonds. The van der Waals surface area contributed by atoms with Crippen molar-refractivity contribution in [2.75, 3.05) is 0 Å². The lowest BCUT2D eigenvalue weighted by molar-refractivity contribution is 0.00535. The number of aliphatic hydroxyl groups is 1. The molecule has 43 heavy (non-hydrogen) atoms. The minimum atomic E-state index is -0.997. The van der Waals surface area contributed by atoms with Crippen molar-refractivity contribution in [3.63, 3.8) is 0 Å². The minimum absolute atomic E-state index is 0.126. The summed E-state index contributed by atoms with van der Waals surface area (Å²) in [4.78, 5) is 21.7. The summed E-state index contributed by atoms with van der Waals surface area (Å²) in [6.45, 7) is 0.126. The Hall–Kier alpha value is -4.25. The van der Waals surface area contributed by atoms with E-state index in [1.165, 1.54) is 6.07 Å². The molecule has 0 saturated heterocycles. The molecule has 1 unspecified atom stereocenters. The smallest absolute Gasteiger partial charge is 0.346 e. The number of fused-ring (bicyclic) bond motifs is 2. The number of carbonyl (C=O) groups is 1. The lowest BCUT2D eigenvalue weighted by Crippen LogP contribution is -2.26. The number of nitrogens with zero attached hydrogens (tertiary/aromatic N) is 3. The third-order valence-electron chi connectivity index (χ3n) is 7.90. The van der Waals surface area contributed by atoms with Gasteiger partial charge in [0.05, 0.1) is 16.2 Å². The first-order valence-corrected chi connectivity index (χ1v) is 15.0. The maximum absolute atomic E-state index is 13.7. The molecular formula is C32H25ClFN3O5S. The molecule has 1 saturated carbocycles. The Morgan fingerprint density at radius 2 is 1.95 bits per heavy atom. The number of thiophene rings is 1. The minimum Gasteiger partial charge on any atom is -0.477 e. The van der Waals surface area contributed by atoms with Crippen LogP contribution >= 0.6 is 22.9 Å². The normalized spacial score (nSPS) is 14.3. The highest BCUT2D eigenvalue weighted by molar-refractivity contribution is 7.20. The molecule has 4 aromatic heterocycles. The largest absolute Gasteiger partial charge is 0.477 e. The van der Waals surface area contributed by atoms with Crippen molar-refractivity contribution < 1.29 is 28.6 Å². The Labute approximate surface area is 254 Å². The van der Waals surface area contributed by atoms with Crippen molar-refractivity contribution in [2.24, 2.45) is 5.92 Å². The van der Waals surface area contributed by atoms with Gasteiger partial charge in [0.1, 0.15) is 33.9 Å². The van der Waals surface area contributed by atoms with Gasteiger partial charge in [-0.3, -0.25) is 4.57 Å². The number of aromatic nitrogens is 3. The molecule has 1 aliphatic rings. The van der Waals surface area contributed by atoms with Gasteiger partial charge in [-0.1, -0.05) is 54.4 Å². The van der Waals surface area contributed by atoms with E-state index < -0.39 is 18.2 Å². The lowest BCUT2D eigenvalue weighted by atomic mass is 9.84. The van der Waals surface area contributed by atoms with Crippen molar-refractivity contribution in [1.29, 1.82) is 0 Å². The summed E-state index contributed by atoms with van der Waals surface area (Å²) < 4.78 is 26.6. The number of hydrogen-bond acceptors (Lipinski definition) is 7. The third-order valence-corrected chi connectivity index (χ3v) is 9.24. The van der Waals surface area contributed by atoms with Crippen LogP contribution in [0.2, 0.25) is 5.02 Å². The molecular weight excluding hydrogens is 593 g/mol. The summed E-state index contributed by atoms with van der Waals surface area (Å²) in [6, 6.07) is 19.0. The lowest BCUT2D eigenvalue weighted by Gasteiger charge is -2.32. The number of carboxylic acid groups (broad SMARTS) is 1. The molecule has 8 nitrogen and oxygen atoms in total. The van der Waals surface area contributed by atoms with Gasteiger partial charge in [0.2, 0.25) is 5.88 Å². The number of aliphatic hydroxyl groups excluding tert-OH is 1. The van der Waals surface area contributed by atoms with Crippen LogP contribution in [0, 0.1) is 11.9 Å². The Bertz CT molecular complexity index is 1980. The molecule has 1 aliphatic carbocycles. The number of ether oxygens (including phenoxy) is 1. The fraction of sp³-hybridized carbons (Fsp3) is 0.219. The number of hydrogen-bond donors (Lipinski definition) is 2. The number of benzene rings is 2. The Balaban J connectivity index is 1.10. The molecule has 0 spiro atoms. The van der Waals surface area contributed by atoms with Crippen LogP contribution in [0.15, 0.2) is 71.1 Å².